The van der Waals surface area contributed by atoms with E-state index in [4.69, 9.17) is 38.2 Å². The molecule has 0 bridgehead atoms. The highest BCUT2D eigenvalue weighted by Crippen LogP contribution is 2.38. The first-order valence-corrected chi connectivity index (χ1v) is 12.1. The molecule has 1 aliphatic heterocycles. The third-order valence-electron chi connectivity index (χ3n) is 6.54. The van der Waals surface area contributed by atoms with Crippen LogP contribution in [0.25, 0.3) is 11.3 Å². The summed E-state index contributed by atoms with van der Waals surface area (Å²) in [6.45, 7) is 4.82. The van der Waals surface area contributed by atoms with E-state index in [0.29, 0.717) is 70.9 Å². The lowest BCUT2D eigenvalue weighted by Crippen LogP contribution is -2.47. The molecule has 1 fully saturated rings. The third kappa shape index (κ3) is 5.46. The minimum atomic E-state index is -0.467. The van der Waals surface area contributed by atoms with Crippen molar-refractivity contribution in [3.8, 4) is 17.0 Å². The molecule has 3 aromatic rings. The number of halogens is 2. The summed E-state index contributed by atoms with van der Waals surface area (Å²) in [7, 11) is 0. The lowest BCUT2D eigenvalue weighted by molar-refractivity contribution is -0.121. The third-order valence-corrected chi connectivity index (χ3v) is 7.29. The van der Waals surface area contributed by atoms with E-state index < -0.39 is 11.3 Å². The van der Waals surface area contributed by atoms with Crippen molar-refractivity contribution in [1.82, 2.24) is 10.1 Å². The number of aromatic nitrogens is 1. The number of primary amides is 1. The van der Waals surface area contributed by atoms with E-state index in [1.807, 2.05) is 25.1 Å². The van der Waals surface area contributed by atoms with Gasteiger partial charge in [-0.25, -0.2) is 0 Å². The SMILES string of the molecule is Cc1cc(OCC2(CC(N)=O)CCN(C(=O)c3c(-c4ccccc4Cl)noc3C)CC2)ccc1Cl. The van der Waals surface area contributed by atoms with Crippen molar-refractivity contribution < 1.29 is 18.8 Å². The number of likely N-dealkylation sites (tertiary alicyclic amines) is 1. The molecule has 2 heterocycles. The summed E-state index contributed by atoms with van der Waals surface area (Å²) in [5.74, 6) is 0.538. The first-order valence-electron chi connectivity index (χ1n) is 11.4. The molecule has 1 aliphatic rings. The van der Waals surface area contributed by atoms with Crippen LogP contribution in [0.15, 0.2) is 47.0 Å². The molecule has 35 heavy (non-hydrogen) atoms. The fourth-order valence-corrected chi connectivity index (χ4v) is 4.83. The van der Waals surface area contributed by atoms with Gasteiger partial charge in [-0.05, 0) is 56.5 Å². The highest BCUT2D eigenvalue weighted by Gasteiger charge is 2.39. The first kappa shape index (κ1) is 25.1. The normalized spacial score (nSPS) is 15.1. The molecule has 1 saturated heterocycles. The molecular formula is C26H27Cl2N3O4. The van der Waals surface area contributed by atoms with Crippen LogP contribution in [-0.4, -0.2) is 41.6 Å². The largest absolute Gasteiger partial charge is 0.493 e. The number of hydrogen-bond donors (Lipinski definition) is 1. The van der Waals surface area contributed by atoms with Crippen LogP contribution in [0.2, 0.25) is 10.0 Å². The number of ether oxygens (including phenoxy) is 1. The Morgan fingerprint density at radius 2 is 1.83 bits per heavy atom. The molecular weight excluding hydrogens is 489 g/mol. The Morgan fingerprint density at radius 3 is 2.49 bits per heavy atom. The zero-order chi connectivity index (χ0) is 25.2. The molecule has 7 nitrogen and oxygen atoms in total. The minimum Gasteiger partial charge on any atom is -0.493 e. The summed E-state index contributed by atoms with van der Waals surface area (Å²) in [5, 5.41) is 5.26. The van der Waals surface area contributed by atoms with Gasteiger partial charge >= 0.3 is 0 Å². The fourth-order valence-electron chi connectivity index (χ4n) is 4.49. The van der Waals surface area contributed by atoms with Crippen molar-refractivity contribution in [3.05, 3.63) is 69.4 Å². The van der Waals surface area contributed by atoms with E-state index in [2.05, 4.69) is 5.16 Å². The highest BCUT2D eigenvalue weighted by atomic mass is 35.5. The molecule has 2 N–H and O–H groups in total. The van der Waals surface area contributed by atoms with E-state index in [1.54, 1.807) is 36.1 Å². The number of piperidine rings is 1. The number of hydrogen-bond acceptors (Lipinski definition) is 5. The summed E-state index contributed by atoms with van der Waals surface area (Å²) in [6.07, 6.45) is 1.32. The van der Waals surface area contributed by atoms with Gasteiger partial charge in [0.1, 0.15) is 22.8 Å². The lowest BCUT2D eigenvalue weighted by atomic mass is 9.76. The van der Waals surface area contributed by atoms with Gasteiger partial charge in [0.15, 0.2) is 0 Å². The van der Waals surface area contributed by atoms with Crippen LogP contribution in [0.1, 0.15) is 40.9 Å². The molecule has 0 saturated carbocycles. The number of amides is 2. The average molecular weight is 516 g/mol. The Morgan fingerprint density at radius 1 is 1.11 bits per heavy atom. The standard InChI is InChI=1S/C26H27Cl2N3O4/c1-16-13-18(7-8-20(16)27)34-15-26(14-22(29)32)9-11-31(12-10-26)25(33)23-17(2)35-30-24(23)19-5-3-4-6-21(19)28/h3-8,13H,9-12,14-15H2,1-2H3,(H2,29,32). The average Bonchev–Trinajstić information content (AvgIpc) is 3.21. The predicted molar refractivity (Wildman–Crippen MR) is 135 cm³/mol. The smallest absolute Gasteiger partial charge is 0.259 e. The van der Waals surface area contributed by atoms with Gasteiger partial charge in [0.25, 0.3) is 5.91 Å². The number of nitrogens with zero attached hydrogens (tertiary/aromatic N) is 2. The number of benzene rings is 2. The number of carbonyl (C=O) groups excluding carboxylic acids is 2. The summed E-state index contributed by atoms with van der Waals surface area (Å²) >= 11 is 12.5. The van der Waals surface area contributed by atoms with Crippen molar-refractivity contribution in [2.45, 2.75) is 33.1 Å². The molecule has 9 heteroatoms. The van der Waals surface area contributed by atoms with Crippen LogP contribution in [0.5, 0.6) is 5.75 Å². The Hall–Kier alpha value is -3.03. The maximum absolute atomic E-state index is 13.5. The molecule has 0 atom stereocenters. The number of carbonyl (C=O) groups is 2. The molecule has 1 aromatic heterocycles. The van der Waals surface area contributed by atoms with Crippen molar-refractivity contribution >= 4 is 35.0 Å². The Kier molecular flexibility index (Phi) is 7.38. The molecule has 0 spiro atoms. The molecule has 2 aromatic carbocycles. The highest BCUT2D eigenvalue weighted by molar-refractivity contribution is 6.33. The van der Waals surface area contributed by atoms with Crippen molar-refractivity contribution in [2.24, 2.45) is 11.1 Å². The monoisotopic (exact) mass is 515 g/mol. The molecule has 0 unspecified atom stereocenters. The van der Waals surface area contributed by atoms with E-state index in [0.717, 1.165) is 5.56 Å². The zero-order valence-electron chi connectivity index (χ0n) is 19.6. The van der Waals surface area contributed by atoms with Gasteiger partial charge in [0.05, 0.1) is 11.6 Å². The maximum Gasteiger partial charge on any atom is 0.259 e. The first-order chi connectivity index (χ1) is 16.7. The quantitative estimate of drug-likeness (QED) is 0.451. The van der Waals surface area contributed by atoms with Crippen molar-refractivity contribution in [3.63, 3.8) is 0 Å². The van der Waals surface area contributed by atoms with Crippen LogP contribution in [0, 0.1) is 19.3 Å². The minimum absolute atomic E-state index is 0.179. The summed E-state index contributed by atoms with van der Waals surface area (Å²) < 4.78 is 11.4. The van der Waals surface area contributed by atoms with Crippen LogP contribution in [0.4, 0.5) is 0 Å². The molecule has 0 aliphatic carbocycles. The number of nitrogens with two attached hydrogens (primary N) is 1. The van der Waals surface area contributed by atoms with Gasteiger partial charge < -0.3 is 19.9 Å². The molecule has 2 amide bonds. The molecule has 4 rings (SSSR count). The second kappa shape index (κ2) is 10.3. The van der Waals surface area contributed by atoms with Crippen LogP contribution < -0.4 is 10.5 Å². The van der Waals surface area contributed by atoms with Gasteiger partial charge in [-0.1, -0.05) is 46.6 Å². The van der Waals surface area contributed by atoms with E-state index in [9.17, 15) is 9.59 Å². The summed E-state index contributed by atoms with van der Waals surface area (Å²) in [4.78, 5) is 27.2. The van der Waals surface area contributed by atoms with Crippen molar-refractivity contribution in [1.29, 1.82) is 0 Å². The Labute approximate surface area is 214 Å². The maximum atomic E-state index is 13.5. The number of rotatable bonds is 7. The van der Waals surface area contributed by atoms with Crippen molar-refractivity contribution in [2.75, 3.05) is 19.7 Å². The molecule has 184 valence electrons. The van der Waals surface area contributed by atoms with Gasteiger partial charge in [-0.2, -0.15) is 0 Å². The van der Waals surface area contributed by atoms with Crippen LogP contribution in [0.3, 0.4) is 0 Å². The summed E-state index contributed by atoms with van der Waals surface area (Å²) in [5.41, 5.74) is 7.49. The predicted octanol–water partition coefficient (Wildman–Crippen LogP) is 5.44. The van der Waals surface area contributed by atoms with Crippen LogP contribution in [-0.2, 0) is 4.79 Å². The molecule has 0 radical (unpaired) electrons. The fraction of sp³-hybridized carbons (Fsp3) is 0.346. The topological polar surface area (TPSA) is 98.7 Å². The van der Waals surface area contributed by atoms with E-state index in [1.165, 1.54) is 0 Å². The second-order valence-electron chi connectivity index (χ2n) is 9.08. The second-order valence-corrected chi connectivity index (χ2v) is 9.89. The number of aryl methyl sites for hydroxylation is 2. The van der Waals surface area contributed by atoms with Gasteiger partial charge in [-0.15, -0.1) is 0 Å². The van der Waals surface area contributed by atoms with Crippen LogP contribution >= 0.6 is 23.2 Å². The van der Waals surface area contributed by atoms with Gasteiger partial charge in [-0.3, -0.25) is 9.59 Å². The van der Waals surface area contributed by atoms with E-state index in [-0.39, 0.29) is 12.3 Å². The Bertz CT molecular complexity index is 1250. The Balaban J connectivity index is 1.50. The van der Waals surface area contributed by atoms with E-state index >= 15 is 0 Å². The van der Waals surface area contributed by atoms with Gasteiger partial charge in [0, 0.05) is 35.5 Å². The zero-order valence-corrected chi connectivity index (χ0v) is 21.2. The lowest BCUT2D eigenvalue weighted by Gasteiger charge is -2.41. The summed E-state index contributed by atoms with van der Waals surface area (Å²) in [6, 6.07) is 12.7. The van der Waals surface area contributed by atoms with Gasteiger partial charge in [0.2, 0.25) is 5.91 Å².